The molecule has 3 rings (SSSR count). The van der Waals surface area contributed by atoms with E-state index in [1.807, 2.05) is 11.4 Å². The number of rotatable bonds is 5. The minimum atomic E-state index is -2.80. The topological polar surface area (TPSA) is 59.9 Å². The maximum Gasteiger partial charge on any atom is 0.264 e. The summed E-state index contributed by atoms with van der Waals surface area (Å²) >= 11 is 6.54. The molecule has 0 fully saturated rings. The van der Waals surface area contributed by atoms with E-state index in [2.05, 4.69) is 9.97 Å². The van der Waals surface area contributed by atoms with Crippen molar-refractivity contribution in [3.05, 3.63) is 44.3 Å². The van der Waals surface area contributed by atoms with E-state index in [-0.39, 0.29) is 21.4 Å². The molecule has 126 valence electrons. The summed E-state index contributed by atoms with van der Waals surface area (Å²) in [5.41, 5.74) is -0.490. The monoisotopic (exact) mass is 369 g/mol. The Bertz CT molecular complexity index is 981. The number of ether oxygens (including phenoxy) is 1. The smallest absolute Gasteiger partial charge is 0.264 e. The average Bonchev–Trinajstić information content (AvgIpc) is 3.08. The number of pyridine rings is 1. The van der Waals surface area contributed by atoms with Gasteiger partial charge in [0.05, 0.1) is 29.1 Å². The van der Waals surface area contributed by atoms with E-state index in [0.717, 1.165) is 4.88 Å². The van der Waals surface area contributed by atoms with E-state index in [9.17, 15) is 13.6 Å². The number of thiophene rings is 1. The van der Waals surface area contributed by atoms with Crippen LogP contribution in [0.3, 0.4) is 0 Å². The fourth-order valence-corrected chi connectivity index (χ4v) is 3.37. The summed E-state index contributed by atoms with van der Waals surface area (Å²) in [6.07, 6.45) is -2.80. The Hall–Kier alpha value is -1.97. The predicted octanol–water partition coefficient (Wildman–Crippen LogP) is 3.77. The molecule has 0 spiro atoms. The third kappa shape index (κ3) is 3.02. The number of fused-ring (bicyclic) bond motifs is 1. The van der Waals surface area contributed by atoms with E-state index in [4.69, 9.17) is 17.0 Å². The van der Waals surface area contributed by atoms with Crippen molar-refractivity contribution >= 4 is 34.6 Å². The minimum Gasteiger partial charge on any atom is -0.383 e. The molecule has 0 atom stereocenters. The molecule has 0 bridgehead atoms. The van der Waals surface area contributed by atoms with Crippen LogP contribution in [0, 0.1) is 4.77 Å². The molecular formula is C15H13F2N3O2S2. The highest BCUT2D eigenvalue weighted by Crippen LogP contribution is 2.31. The van der Waals surface area contributed by atoms with Crippen molar-refractivity contribution in [2.75, 3.05) is 13.7 Å². The summed E-state index contributed by atoms with van der Waals surface area (Å²) in [6, 6.07) is 4.86. The van der Waals surface area contributed by atoms with Crippen LogP contribution < -0.4 is 5.56 Å². The second-order valence-corrected chi connectivity index (χ2v) is 6.31. The van der Waals surface area contributed by atoms with Gasteiger partial charge in [0.15, 0.2) is 4.77 Å². The van der Waals surface area contributed by atoms with Crippen LogP contribution in [0.4, 0.5) is 8.78 Å². The predicted molar refractivity (Wildman–Crippen MR) is 91.3 cm³/mol. The van der Waals surface area contributed by atoms with Crippen LogP contribution in [-0.2, 0) is 11.3 Å². The maximum atomic E-state index is 13.5. The van der Waals surface area contributed by atoms with Crippen LogP contribution in [0.2, 0.25) is 0 Å². The van der Waals surface area contributed by atoms with Crippen molar-refractivity contribution in [2.24, 2.45) is 0 Å². The Morgan fingerprint density at radius 2 is 2.29 bits per heavy atom. The van der Waals surface area contributed by atoms with Crippen LogP contribution >= 0.6 is 23.6 Å². The van der Waals surface area contributed by atoms with Gasteiger partial charge < -0.3 is 9.30 Å². The molecule has 3 aromatic heterocycles. The Labute approximate surface area is 144 Å². The lowest BCUT2D eigenvalue weighted by Gasteiger charge is -2.13. The summed E-state index contributed by atoms with van der Waals surface area (Å²) in [5.74, 6) is 0. The Kier molecular flexibility index (Phi) is 4.83. The fourth-order valence-electron chi connectivity index (χ4n) is 2.41. The third-order valence-electron chi connectivity index (χ3n) is 3.51. The largest absolute Gasteiger partial charge is 0.383 e. The lowest BCUT2D eigenvalue weighted by Crippen LogP contribution is -2.19. The van der Waals surface area contributed by atoms with Crippen molar-refractivity contribution in [1.29, 1.82) is 0 Å². The molecule has 3 heterocycles. The summed E-state index contributed by atoms with van der Waals surface area (Å²) in [7, 11) is 1.52. The first-order chi connectivity index (χ1) is 11.5. The van der Waals surface area contributed by atoms with E-state index in [0.29, 0.717) is 18.8 Å². The zero-order valence-electron chi connectivity index (χ0n) is 12.6. The quantitative estimate of drug-likeness (QED) is 0.696. The van der Waals surface area contributed by atoms with Gasteiger partial charge in [0.2, 0.25) is 0 Å². The molecule has 0 aliphatic heterocycles. The van der Waals surface area contributed by atoms with Crippen molar-refractivity contribution in [2.45, 2.75) is 13.0 Å². The fraction of sp³-hybridized carbons (Fsp3) is 0.267. The van der Waals surface area contributed by atoms with Crippen molar-refractivity contribution in [1.82, 2.24) is 14.5 Å². The molecule has 0 aliphatic carbocycles. The van der Waals surface area contributed by atoms with Gasteiger partial charge in [0.25, 0.3) is 12.0 Å². The third-order valence-corrected chi connectivity index (χ3v) is 4.72. The van der Waals surface area contributed by atoms with Crippen LogP contribution in [-0.4, -0.2) is 28.3 Å². The maximum absolute atomic E-state index is 13.5. The number of aromatic amines is 1. The summed E-state index contributed by atoms with van der Waals surface area (Å²) in [4.78, 5) is 19.8. The van der Waals surface area contributed by atoms with E-state index in [1.165, 1.54) is 29.1 Å². The molecule has 0 saturated heterocycles. The molecule has 9 heteroatoms. The standard InChI is InChI=1S/C15H13F2N3O2S2/c1-22-5-4-20-13-11(14(21)19-15(20)23)8(12(16)17)7-9(18-13)10-3-2-6-24-10/h2-3,6-7,12H,4-5H2,1H3,(H,19,21,23). The number of halogens is 2. The van der Waals surface area contributed by atoms with Gasteiger partial charge in [-0.05, 0) is 29.7 Å². The number of alkyl halides is 2. The molecule has 0 amide bonds. The number of aromatic nitrogens is 3. The lowest BCUT2D eigenvalue weighted by molar-refractivity contribution is 0.153. The van der Waals surface area contributed by atoms with Gasteiger partial charge in [-0.2, -0.15) is 0 Å². The van der Waals surface area contributed by atoms with Gasteiger partial charge in [-0.1, -0.05) is 6.07 Å². The van der Waals surface area contributed by atoms with Gasteiger partial charge in [0.1, 0.15) is 5.65 Å². The SMILES string of the molecule is COCCn1c(=S)[nH]c(=O)c2c(C(F)F)cc(-c3cccs3)nc21. The van der Waals surface area contributed by atoms with Crippen LogP contribution in [0.25, 0.3) is 21.6 Å². The zero-order chi connectivity index (χ0) is 17.3. The first kappa shape index (κ1) is 16.9. The van der Waals surface area contributed by atoms with Gasteiger partial charge >= 0.3 is 0 Å². The van der Waals surface area contributed by atoms with E-state index < -0.39 is 12.0 Å². The summed E-state index contributed by atoms with van der Waals surface area (Å²) in [5, 5.41) is 1.69. The highest BCUT2D eigenvalue weighted by atomic mass is 32.1. The van der Waals surface area contributed by atoms with Crippen molar-refractivity contribution < 1.29 is 13.5 Å². The molecule has 0 saturated carbocycles. The molecule has 0 aromatic carbocycles. The van der Waals surface area contributed by atoms with Gasteiger partial charge in [-0.3, -0.25) is 9.78 Å². The molecule has 0 radical (unpaired) electrons. The Balaban J connectivity index is 2.40. The normalized spacial score (nSPS) is 11.5. The molecular weight excluding hydrogens is 356 g/mol. The number of hydrogen-bond acceptors (Lipinski definition) is 5. The second kappa shape index (κ2) is 6.88. The van der Waals surface area contributed by atoms with E-state index in [1.54, 1.807) is 6.07 Å². The number of H-pyrrole nitrogens is 1. The average molecular weight is 369 g/mol. The molecule has 24 heavy (non-hydrogen) atoms. The molecule has 5 nitrogen and oxygen atoms in total. The first-order valence-electron chi connectivity index (χ1n) is 7.01. The van der Waals surface area contributed by atoms with Crippen molar-refractivity contribution in [3.63, 3.8) is 0 Å². The molecule has 3 aromatic rings. The Morgan fingerprint density at radius 1 is 1.50 bits per heavy atom. The number of methoxy groups -OCH3 is 1. The van der Waals surface area contributed by atoms with Gasteiger partial charge in [-0.15, -0.1) is 11.3 Å². The first-order valence-corrected chi connectivity index (χ1v) is 8.30. The van der Waals surface area contributed by atoms with Crippen molar-refractivity contribution in [3.8, 4) is 10.6 Å². The van der Waals surface area contributed by atoms with Gasteiger partial charge in [-0.25, -0.2) is 13.8 Å². The Morgan fingerprint density at radius 3 is 2.92 bits per heavy atom. The number of nitrogens with one attached hydrogen (secondary N) is 1. The van der Waals surface area contributed by atoms with E-state index >= 15 is 0 Å². The zero-order valence-corrected chi connectivity index (χ0v) is 14.2. The van der Waals surface area contributed by atoms with Crippen LogP contribution in [0.1, 0.15) is 12.0 Å². The summed E-state index contributed by atoms with van der Waals surface area (Å²) < 4.78 is 33.8. The minimum absolute atomic E-state index is 0.126. The number of nitrogens with zero attached hydrogens (tertiary/aromatic N) is 2. The molecule has 1 N–H and O–H groups in total. The lowest BCUT2D eigenvalue weighted by atomic mass is 10.1. The molecule has 0 unspecified atom stereocenters. The molecule has 0 aliphatic rings. The van der Waals surface area contributed by atoms with Crippen LogP contribution in [0.15, 0.2) is 28.4 Å². The second-order valence-electron chi connectivity index (χ2n) is 4.98. The van der Waals surface area contributed by atoms with Crippen LogP contribution in [0.5, 0.6) is 0 Å². The number of hydrogen-bond donors (Lipinski definition) is 1. The highest BCUT2D eigenvalue weighted by molar-refractivity contribution is 7.71. The van der Waals surface area contributed by atoms with Gasteiger partial charge in [0, 0.05) is 12.7 Å². The summed E-state index contributed by atoms with van der Waals surface area (Å²) in [6.45, 7) is 0.608. The highest BCUT2D eigenvalue weighted by Gasteiger charge is 2.20.